The van der Waals surface area contributed by atoms with Gasteiger partial charge in [0, 0.05) is 23.7 Å². The molecule has 3 nitrogen and oxygen atoms in total. The zero-order chi connectivity index (χ0) is 11.4. The van der Waals surface area contributed by atoms with E-state index in [1.54, 1.807) is 12.1 Å². The van der Waals surface area contributed by atoms with Gasteiger partial charge in [0.25, 0.3) is 0 Å². The van der Waals surface area contributed by atoms with Gasteiger partial charge >= 0.3 is 0 Å². The molecule has 0 aliphatic carbocycles. The van der Waals surface area contributed by atoms with Crippen molar-refractivity contribution in [2.24, 2.45) is 5.92 Å². The van der Waals surface area contributed by atoms with Gasteiger partial charge in [0.15, 0.2) is 5.78 Å². The highest BCUT2D eigenvalue weighted by molar-refractivity contribution is 5.98. The normalized spacial score (nSPS) is 12.8. The lowest BCUT2D eigenvalue weighted by molar-refractivity contribution is 0.0910. The minimum Gasteiger partial charge on any atom is -0.399 e. The number of carbonyl (C=O) groups excluding carboxylic acids is 1. The van der Waals surface area contributed by atoms with Crippen molar-refractivity contribution in [2.75, 3.05) is 26.4 Å². The van der Waals surface area contributed by atoms with E-state index < -0.39 is 0 Å². The molecule has 0 fully saturated rings. The Morgan fingerprint density at radius 2 is 2.13 bits per heavy atom. The third-order valence-electron chi connectivity index (χ3n) is 2.26. The van der Waals surface area contributed by atoms with Gasteiger partial charge in [0.05, 0.1) is 0 Å². The number of carbonyl (C=O) groups is 1. The predicted molar refractivity (Wildman–Crippen MR) is 62.9 cm³/mol. The molecule has 82 valence electrons. The summed E-state index contributed by atoms with van der Waals surface area (Å²) in [6.45, 7) is 2.69. The van der Waals surface area contributed by atoms with Gasteiger partial charge in [-0.25, -0.2) is 0 Å². The second kappa shape index (κ2) is 4.94. The van der Waals surface area contributed by atoms with E-state index in [4.69, 9.17) is 5.73 Å². The fourth-order valence-corrected chi connectivity index (χ4v) is 1.61. The van der Waals surface area contributed by atoms with Crippen LogP contribution < -0.4 is 5.73 Å². The Morgan fingerprint density at radius 3 is 2.67 bits per heavy atom. The van der Waals surface area contributed by atoms with Crippen LogP contribution in [0, 0.1) is 5.92 Å². The van der Waals surface area contributed by atoms with Crippen LogP contribution in [0.5, 0.6) is 0 Å². The molecule has 0 amide bonds. The highest BCUT2D eigenvalue weighted by Gasteiger charge is 2.15. The number of hydrogen-bond acceptors (Lipinski definition) is 3. The first-order valence-corrected chi connectivity index (χ1v) is 5.05. The molecule has 0 saturated carbocycles. The summed E-state index contributed by atoms with van der Waals surface area (Å²) in [5.74, 6) is 0.151. The standard InChI is InChI=1S/C12H18N2O/c1-9(8-14(2)3)12(15)10-5-4-6-11(13)7-10/h4-7,9H,8,13H2,1-3H3. The first kappa shape index (κ1) is 11.7. The van der Waals surface area contributed by atoms with E-state index in [0.717, 1.165) is 6.54 Å². The smallest absolute Gasteiger partial charge is 0.167 e. The average molecular weight is 206 g/mol. The van der Waals surface area contributed by atoms with Gasteiger partial charge in [0.1, 0.15) is 0 Å². The maximum atomic E-state index is 12.0. The van der Waals surface area contributed by atoms with Crippen molar-refractivity contribution in [1.29, 1.82) is 0 Å². The van der Waals surface area contributed by atoms with Crippen LogP contribution in [-0.4, -0.2) is 31.3 Å². The van der Waals surface area contributed by atoms with Gasteiger partial charge in [0.2, 0.25) is 0 Å². The SMILES string of the molecule is CC(CN(C)C)C(=O)c1cccc(N)c1. The number of ketones is 1. The van der Waals surface area contributed by atoms with Crippen molar-refractivity contribution >= 4 is 11.5 Å². The molecule has 2 N–H and O–H groups in total. The number of nitrogens with two attached hydrogens (primary N) is 1. The summed E-state index contributed by atoms with van der Waals surface area (Å²) >= 11 is 0. The van der Waals surface area contributed by atoms with Crippen LogP contribution in [0.2, 0.25) is 0 Å². The summed E-state index contributed by atoms with van der Waals surface area (Å²) in [7, 11) is 3.92. The van der Waals surface area contributed by atoms with E-state index in [1.165, 1.54) is 0 Å². The molecule has 1 rings (SSSR count). The van der Waals surface area contributed by atoms with Crippen molar-refractivity contribution in [1.82, 2.24) is 4.90 Å². The Morgan fingerprint density at radius 1 is 1.47 bits per heavy atom. The molecular weight excluding hydrogens is 188 g/mol. The van der Waals surface area contributed by atoms with E-state index in [1.807, 2.05) is 38.1 Å². The van der Waals surface area contributed by atoms with Crippen LogP contribution in [-0.2, 0) is 0 Å². The maximum Gasteiger partial charge on any atom is 0.167 e. The first-order chi connectivity index (χ1) is 7.00. The molecule has 1 aromatic carbocycles. The largest absolute Gasteiger partial charge is 0.399 e. The van der Waals surface area contributed by atoms with Crippen LogP contribution in [0.3, 0.4) is 0 Å². The van der Waals surface area contributed by atoms with Gasteiger partial charge in [-0.2, -0.15) is 0 Å². The van der Waals surface area contributed by atoms with Crippen LogP contribution in [0.25, 0.3) is 0 Å². The number of benzene rings is 1. The lowest BCUT2D eigenvalue weighted by Crippen LogP contribution is -2.25. The minimum atomic E-state index is 0.00167. The zero-order valence-electron chi connectivity index (χ0n) is 9.53. The fraction of sp³-hybridized carbons (Fsp3) is 0.417. The molecule has 1 atom stereocenters. The van der Waals surface area contributed by atoms with Crippen LogP contribution in [0.1, 0.15) is 17.3 Å². The number of nitrogen functional groups attached to an aromatic ring is 1. The molecule has 0 aliphatic rings. The third-order valence-corrected chi connectivity index (χ3v) is 2.26. The quantitative estimate of drug-likeness (QED) is 0.602. The monoisotopic (exact) mass is 206 g/mol. The number of hydrogen-bond donors (Lipinski definition) is 1. The van der Waals surface area contributed by atoms with Gasteiger partial charge < -0.3 is 10.6 Å². The zero-order valence-corrected chi connectivity index (χ0v) is 9.53. The molecule has 0 radical (unpaired) electrons. The Labute approximate surface area is 90.9 Å². The van der Waals surface area contributed by atoms with Crippen molar-refractivity contribution in [3.63, 3.8) is 0 Å². The molecular formula is C12H18N2O. The van der Waals surface area contributed by atoms with E-state index in [0.29, 0.717) is 11.3 Å². The van der Waals surface area contributed by atoms with Crippen molar-refractivity contribution in [3.05, 3.63) is 29.8 Å². The lowest BCUT2D eigenvalue weighted by Gasteiger charge is -2.15. The molecule has 0 aliphatic heterocycles. The highest BCUT2D eigenvalue weighted by Crippen LogP contribution is 2.12. The van der Waals surface area contributed by atoms with E-state index >= 15 is 0 Å². The molecule has 0 heterocycles. The van der Waals surface area contributed by atoms with Gasteiger partial charge in [-0.1, -0.05) is 19.1 Å². The van der Waals surface area contributed by atoms with Gasteiger partial charge in [-0.05, 0) is 26.2 Å². The van der Waals surface area contributed by atoms with Crippen molar-refractivity contribution in [2.45, 2.75) is 6.92 Å². The van der Waals surface area contributed by atoms with Crippen LogP contribution in [0.15, 0.2) is 24.3 Å². The molecule has 0 spiro atoms. The molecule has 3 heteroatoms. The fourth-order valence-electron chi connectivity index (χ4n) is 1.61. The molecule has 1 unspecified atom stereocenters. The van der Waals surface area contributed by atoms with Crippen LogP contribution in [0.4, 0.5) is 5.69 Å². The van der Waals surface area contributed by atoms with E-state index in [9.17, 15) is 4.79 Å². The lowest BCUT2D eigenvalue weighted by atomic mass is 9.99. The number of anilines is 1. The second-order valence-corrected chi connectivity index (χ2v) is 4.15. The van der Waals surface area contributed by atoms with Crippen LogP contribution >= 0.6 is 0 Å². The summed E-state index contributed by atoms with van der Waals surface area (Å²) in [5.41, 5.74) is 6.97. The number of Topliss-reactive ketones (excluding diaryl/α,β-unsaturated/α-hetero) is 1. The summed E-state index contributed by atoms with van der Waals surface area (Å²) in [6.07, 6.45) is 0. The Bertz CT molecular complexity index is 347. The molecule has 0 bridgehead atoms. The summed E-state index contributed by atoms with van der Waals surface area (Å²) in [6, 6.07) is 7.14. The average Bonchev–Trinajstić information content (AvgIpc) is 2.15. The van der Waals surface area contributed by atoms with Gasteiger partial charge in [-0.15, -0.1) is 0 Å². The Hall–Kier alpha value is -1.35. The summed E-state index contributed by atoms with van der Waals surface area (Å²) in [5, 5.41) is 0. The predicted octanol–water partition coefficient (Wildman–Crippen LogP) is 1.65. The third kappa shape index (κ3) is 3.36. The molecule has 0 saturated heterocycles. The Kier molecular flexibility index (Phi) is 3.86. The van der Waals surface area contributed by atoms with Crippen molar-refractivity contribution in [3.8, 4) is 0 Å². The molecule has 15 heavy (non-hydrogen) atoms. The molecule has 1 aromatic rings. The van der Waals surface area contributed by atoms with E-state index in [2.05, 4.69) is 0 Å². The topological polar surface area (TPSA) is 46.3 Å². The minimum absolute atomic E-state index is 0.00167. The van der Waals surface area contributed by atoms with E-state index in [-0.39, 0.29) is 11.7 Å². The highest BCUT2D eigenvalue weighted by atomic mass is 16.1. The van der Waals surface area contributed by atoms with Crippen molar-refractivity contribution < 1.29 is 4.79 Å². The van der Waals surface area contributed by atoms with Gasteiger partial charge in [-0.3, -0.25) is 4.79 Å². The molecule has 0 aromatic heterocycles. The number of nitrogens with zero attached hydrogens (tertiary/aromatic N) is 1. The number of rotatable bonds is 4. The maximum absolute atomic E-state index is 12.0. The second-order valence-electron chi connectivity index (χ2n) is 4.15. The first-order valence-electron chi connectivity index (χ1n) is 5.05. The Balaban J connectivity index is 2.76. The summed E-state index contributed by atoms with van der Waals surface area (Å²) < 4.78 is 0. The summed E-state index contributed by atoms with van der Waals surface area (Å²) in [4.78, 5) is 14.0.